The predicted octanol–water partition coefficient (Wildman–Crippen LogP) is 2.88. The minimum absolute atomic E-state index is 0.188. The van der Waals surface area contributed by atoms with Gasteiger partial charge in [0.05, 0.1) is 11.4 Å². The summed E-state index contributed by atoms with van der Waals surface area (Å²) in [7, 11) is 0. The monoisotopic (exact) mass is 403 g/mol. The molecule has 0 aliphatic rings. The van der Waals surface area contributed by atoms with Crippen molar-refractivity contribution < 1.29 is 9.50 Å². The summed E-state index contributed by atoms with van der Waals surface area (Å²) in [6, 6.07) is 11.9. The van der Waals surface area contributed by atoms with Crippen molar-refractivity contribution in [2.75, 3.05) is 0 Å². The maximum Gasteiger partial charge on any atom is 0.335 e. The van der Waals surface area contributed by atoms with E-state index in [2.05, 4.69) is 25.9 Å². The van der Waals surface area contributed by atoms with Crippen LogP contribution in [0, 0.1) is 5.82 Å². The van der Waals surface area contributed by atoms with E-state index in [4.69, 9.17) is 0 Å². The van der Waals surface area contributed by atoms with Gasteiger partial charge in [-0.05, 0) is 48.5 Å². The Balaban J connectivity index is 2.10. The van der Waals surface area contributed by atoms with Gasteiger partial charge < -0.3 is 5.11 Å². The van der Waals surface area contributed by atoms with Crippen molar-refractivity contribution in [3.63, 3.8) is 0 Å². The molecular weight excluding hydrogens is 393 g/mol. The summed E-state index contributed by atoms with van der Waals surface area (Å²) >= 11 is 3.30. The summed E-state index contributed by atoms with van der Waals surface area (Å²) in [5.74, 6) is -1.07. The second-order valence-electron chi connectivity index (χ2n) is 5.04. The van der Waals surface area contributed by atoms with Crippen LogP contribution in [0.15, 0.2) is 67.6 Å². The maximum atomic E-state index is 13.1. The lowest BCUT2D eigenvalue weighted by Crippen LogP contribution is -2.31. The van der Waals surface area contributed by atoms with Gasteiger partial charge in [0.2, 0.25) is 5.88 Å². The molecule has 0 spiro atoms. The molecule has 25 heavy (non-hydrogen) atoms. The third kappa shape index (κ3) is 3.58. The second kappa shape index (κ2) is 6.86. The Bertz CT molecular complexity index is 1050. The number of aromatic amines is 1. The van der Waals surface area contributed by atoms with Gasteiger partial charge in [-0.3, -0.25) is 14.8 Å². The largest absolute Gasteiger partial charge is 0.493 e. The number of H-pyrrole nitrogens is 1. The lowest BCUT2D eigenvalue weighted by Gasteiger charge is -2.09. The molecule has 1 heterocycles. The molecule has 126 valence electrons. The molecule has 0 fully saturated rings. The Hall–Kier alpha value is -3.00. The van der Waals surface area contributed by atoms with Crippen molar-refractivity contribution >= 4 is 27.8 Å². The second-order valence-corrected chi connectivity index (χ2v) is 5.96. The summed E-state index contributed by atoms with van der Waals surface area (Å²) in [5, 5.41) is 10.3. The minimum atomic E-state index is -0.838. The molecule has 0 saturated carbocycles. The highest BCUT2D eigenvalue weighted by Crippen LogP contribution is 2.19. The van der Waals surface area contributed by atoms with Crippen LogP contribution in [-0.2, 0) is 0 Å². The lowest BCUT2D eigenvalue weighted by molar-refractivity contribution is 0.430. The van der Waals surface area contributed by atoms with Gasteiger partial charge in [0.1, 0.15) is 11.4 Å². The Morgan fingerprint density at radius 3 is 2.36 bits per heavy atom. The Labute approximate surface area is 149 Å². The van der Waals surface area contributed by atoms with E-state index >= 15 is 0 Å². The molecule has 6 nitrogen and oxygen atoms in total. The first-order chi connectivity index (χ1) is 12.0. The molecule has 0 atom stereocenters. The summed E-state index contributed by atoms with van der Waals surface area (Å²) in [5.41, 5.74) is -1.04. The van der Waals surface area contributed by atoms with Crippen molar-refractivity contribution in [3.05, 3.63) is 85.2 Å². The normalized spacial score (nSPS) is 11.1. The minimum Gasteiger partial charge on any atom is -0.493 e. The molecule has 0 amide bonds. The fraction of sp³-hybridized carbons (Fsp3) is 0. The van der Waals surface area contributed by atoms with E-state index in [1.807, 2.05) is 0 Å². The van der Waals surface area contributed by atoms with E-state index in [0.717, 1.165) is 27.4 Å². The van der Waals surface area contributed by atoms with E-state index < -0.39 is 22.9 Å². The molecule has 0 bridgehead atoms. The molecule has 2 N–H and O–H groups in total. The number of aromatic hydroxyl groups is 1. The molecule has 2 aromatic carbocycles. The first kappa shape index (κ1) is 16.8. The van der Waals surface area contributed by atoms with Crippen molar-refractivity contribution in [3.8, 4) is 11.6 Å². The van der Waals surface area contributed by atoms with Gasteiger partial charge in [-0.2, -0.15) is 0 Å². The third-order valence-corrected chi connectivity index (χ3v) is 3.90. The quantitative estimate of drug-likeness (QED) is 0.659. The Kier molecular flexibility index (Phi) is 4.62. The topological polar surface area (TPSA) is 87.5 Å². The Morgan fingerprint density at radius 1 is 1.08 bits per heavy atom. The van der Waals surface area contributed by atoms with Gasteiger partial charge in [0, 0.05) is 10.7 Å². The van der Waals surface area contributed by atoms with Crippen LogP contribution < -0.4 is 11.2 Å². The van der Waals surface area contributed by atoms with Crippen LogP contribution >= 0.6 is 15.9 Å². The molecule has 0 radical (unpaired) electrons. The lowest BCUT2D eigenvalue weighted by atomic mass is 10.2. The van der Waals surface area contributed by atoms with Gasteiger partial charge in [-0.15, -0.1) is 0 Å². The smallest absolute Gasteiger partial charge is 0.335 e. The number of aromatic nitrogens is 2. The standard InChI is InChI=1S/C17H11BrFN3O3/c18-10-1-5-12(6-2-10)20-9-14-15(23)21-17(25)22(16(14)24)13-7-3-11(19)4-8-13/h1-9,24H,(H,21,23,25). The van der Waals surface area contributed by atoms with Crippen molar-refractivity contribution in [2.45, 2.75) is 0 Å². The number of nitrogens with one attached hydrogen (secondary N) is 1. The van der Waals surface area contributed by atoms with Gasteiger partial charge in [0.25, 0.3) is 5.56 Å². The van der Waals surface area contributed by atoms with E-state index in [1.165, 1.54) is 12.1 Å². The van der Waals surface area contributed by atoms with Crippen molar-refractivity contribution in [2.24, 2.45) is 4.99 Å². The predicted molar refractivity (Wildman–Crippen MR) is 95.7 cm³/mol. The van der Waals surface area contributed by atoms with Crippen LogP contribution in [0.25, 0.3) is 5.69 Å². The number of hydrogen-bond donors (Lipinski definition) is 2. The third-order valence-electron chi connectivity index (χ3n) is 3.38. The summed E-state index contributed by atoms with van der Waals surface area (Å²) in [6.07, 6.45) is 1.16. The number of hydrogen-bond acceptors (Lipinski definition) is 4. The van der Waals surface area contributed by atoms with Crippen LogP contribution in [0.2, 0.25) is 0 Å². The average molecular weight is 404 g/mol. The zero-order chi connectivity index (χ0) is 18.0. The van der Waals surface area contributed by atoms with E-state index in [9.17, 15) is 19.1 Å². The number of rotatable bonds is 3. The number of halogens is 2. The highest BCUT2D eigenvalue weighted by molar-refractivity contribution is 9.10. The number of nitrogens with zero attached hydrogens (tertiary/aromatic N) is 2. The molecule has 0 unspecified atom stereocenters. The first-order valence-electron chi connectivity index (χ1n) is 7.09. The van der Waals surface area contributed by atoms with E-state index in [-0.39, 0.29) is 11.3 Å². The fourth-order valence-corrected chi connectivity index (χ4v) is 2.42. The van der Waals surface area contributed by atoms with Gasteiger partial charge in [-0.25, -0.2) is 13.8 Å². The molecule has 3 aromatic rings. The van der Waals surface area contributed by atoms with E-state index in [0.29, 0.717) is 5.69 Å². The zero-order valence-corrected chi connectivity index (χ0v) is 14.2. The SMILES string of the molecule is O=c1[nH]c(=O)n(-c2ccc(F)cc2)c(O)c1C=Nc1ccc(Br)cc1. The molecule has 1 aromatic heterocycles. The van der Waals surface area contributed by atoms with E-state index in [1.54, 1.807) is 24.3 Å². The van der Waals surface area contributed by atoms with Gasteiger partial charge in [-0.1, -0.05) is 15.9 Å². The number of aliphatic imine (C=N–C) groups is 1. The molecule has 0 saturated heterocycles. The van der Waals surface area contributed by atoms with Crippen LogP contribution in [0.5, 0.6) is 5.88 Å². The van der Waals surface area contributed by atoms with Crippen LogP contribution in [-0.4, -0.2) is 20.9 Å². The maximum absolute atomic E-state index is 13.1. The summed E-state index contributed by atoms with van der Waals surface area (Å²) < 4.78 is 14.8. The van der Waals surface area contributed by atoms with Crippen LogP contribution in [0.1, 0.15) is 5.56 Å². The zero-order valence-electron chi connectivity index (χ0n) is 12.6. The van der Waals surface area contributed by atoms with Crippen LogP contribution in [0.3, 0.4) is 0 Å². The molecule has 0 aliphatic heterocycles. The number of benzene rings is 2. The fourth-order valence-electron chi connectivity index (χ4n) is 2.15. The van der Waals surface area contributed by atoms with Gasteiger partial charge >= 0.3 is 5.69 Å². The van der Waals surface area contributed by atoms with Crippen LogP contribution in [0.4, 0.5) is 10.1 Å². The highest BCUT2D eigenvalue weighted by atomic mass is 79.9. The molecule has 8 heteroatoms. The summed E-state index contributed by atoms with van der Waals surface area (Å²) in [4.78, 5) is 30.2. The van der Waals surface area contributed by atoms with Crippen molar-refractivity contribution in [1.29, 1.82) is 0 Å². The highest BCUT2D eigenvalue weighted by Gasteiger charge is 2.14. The molecular formula is C17H11BrFN3O3. The molecule has 3 rings (SSSR count). The molecule has 0 aliphatic carbocycles. The van der Waals surface area contributed by atoms with Crippen molar-refractivity contribution in [1.82, 2.24) is 9.55 Å². The van der Waals surface area contributed by atoms with Gasteiger partial charge in [0.15, 0.2) is 0 Å². The first-order valence-corrected chi connectivity index (χ1v) is 7.89. The average Bonchev–Trinajstić information content (AvgIpc) is 2.57. The summed E-state index contributed by atoms with van der Waals surface area (Å²) in [6.45, 7) is 0. The Morgan fingerprint density at radius 2 is 1.72 bits per heavy atom.